The number of amides is 2. The van der Waals surface area contributed by atoms with Crippen LogP contribution in [0.1, 0.15) is 42.5 Å². The van der Waals surface area contributed by atoms with Crippen molar-refractivity contribution < 1.29 is 9.59 Å². The molecule has 0 atom stereocenters. The Balaban J connectivity index is 1.42. The Morgan fingerprint density at radius 1 is 1.25 bits per heavy atom. The zero-order valence-corrected chi connectivity index (χ0v) is 16.5. The third-order valence-corrected chi connectivity index (χ3v) is 6.04. The highest BCUT2D eigenvalue weighted by Gasteiger charge is 2.29. The van der Waals surface area contributed by atoms with Gasteiger partial charge in [0.25, 0.3) is 11.8 Å². The summed E-state index contributed by atoms with van der Waals surface area (Å²) in [5, 5.41) is 12.1. The second-order valence-corrected chi connectivity index (χ2v) is 7.85. The van der Waals surface area contributed by atoms with Crippen LogP contribution in [-0.4, -0.2) is 40.0 Å². The van der Waals surface area contributed by atoms with Crippen LogP contribution in [0.3, 0.4) is 0 Å². The van der Waals surface area contributed by atoms with Gasteiger partial charge >= 0.3 is 0 Å². The van der Waals surface area contributed by atoms with Crippen LogP contribution in [0.15, 0.2) is 41.8 Å². The predicted molar refractivity (Wildman–Crippen MR) is 109 cm³/mol. The summed E-state index contributed by atoms with van der Waals surface area (Å²) < 4.78 is 0. The largest absolute Gasteiger partial charge is 0.350 e. The summed E-state index contributed by atoms with van der Waals surface area (Å²) in [6.45, 7) is 3.52. The van der Waals surface area contributed by atoms with Crippen LogP contribution in [0.25, 0.3) is 0 Å². The summed E-state index contributed by atoms with van der Waals surface area (Å²) >= 11 is 1.46. The molecule has 2 amide bonds. The Kier molecular flexibility index (Phi) is 5.25. The number of nitrogens with one attached hydrogen (secondary N) is 2. The molecule has 0 spiro atoms. The highest BCUT2D eigenvalue weighted by atomic mass is 32.1. The van der Waals surface area contributed by atoms with E-state index in [-0.39, 0.29) is 11.8 Å². The van der Waals surface area contributed by atoms with E-state index < -0.39 is 0 Å². The lowest BCUT2D eigenvalue weighted by atomic mass is 10.0. The fourth-order valence-electron chi connectivity index (χ4n) is 3.44. The van der Waals surface area contributed by atoms with Gasteiger partial charge in [0.1, 0.15) is 0 Å². The Morgan fingerprint density at radius 3 is 2.82 bits per heavy atom. The van der Waals surface area contributed by atoms with E-state index in [1.807, 2.05) is 48.7 Å². The molecule has 1 aliphatic heterocycles. The average Bonchev–Trinajstić information content (AvgIpc) is 3.33. The lowest BCUT2D eigenvalue weighted by Crippen LogP contribution is -2.37. The first-order valence-corrected chi connectivity index (χ1v) is 10.2. The normalized spacial score (nSPS) is 13.2. The van der Waals surface area contributed by atoms with Gasteiger partial charge in [-0.1, -0.05) is 30.3 Å². The Morgan fingerprint density at radius 2 is 2.07 bits per heavy atom. The van der Waals surface area contributed by atoms with E-state index in [1.165, 1.54) is 16.9 Å². The number of carbonyl (C=O) groups excluding carboxylic acids is 2. The van der Waals surface area contributed by atoms with Gasteiger partial charge in [0.2, 0.25) is 0 Å². The molecule has 3 heterocycles. The summed E-state index contributed by atoms with van der Waals surface area (Å²) in [4.78, 5) is 28.0. The van der Waals surface area contributed by atoms with Gasteiger partial charge in [0, 0.05) is 30.8 Å². The molecule has 0 fully saturated rings. The molecule has 0 saturated heterocycles. The highest BCUT2D eigenvalue weighted by molar-refractivity contribution is 7.12. The zero-order chi connectivity index (χ0) is 19.5. The van der Waals surface area contributed by atoms with Crippen LogP contribution >= 0.6 is 11.3 Å². The monoisotopic (exact) mass is 394 g/mol. The van der Waals surface area contributed by atoms with E-state index >= 15 is 0 Å². The molecule has 1 aliphatic rings. The third-order valence-electron chi connectivity index (χ3n) is 5.03. The number of carbonyl (C=O) groups is 2. The first-order chi connectivity index (χ1) is 13.6. The number of H-pyrrole nitrogens is 1. The van der Waals surface area contributed by atoms with Crippen LogP contribution in [0, 0.1) is 6.92 Å². The topological polar surface area (TPSA) is 78.1 Å². The molecule has 0 bridgehead atoms. The zero-order valence-electron chi connectivity index (χ0n) is 15.7. The highest BCUT2D eigenvalue weighted by Crippen LogP contribution is 2.24. The maximum absolute atomic E-state index is 12.8. The molecular weight excluding hydrogens is 372 g/mol. The minimum absolute atomic E-state index is 0.0229. The number of aromatic amines is 1. The molecule has 3 aromatic rings. The molecule has 4 rings (SSSR count). The van der Waals surface area contributed by atoms with Crippen molar-refractivity contribution in [3.63, 3.8) is 0 Å². The maximum atomic E-state index is 12.8. The van der Waals surface area contributed by atoms with Crippen molar-refractivity contribution in [3.05, 3.63) is 74.7 Å². The Hall–Kier alpha value is -2.93. The van der Waals surface area contributed by atoms with E-state index in [2.05, 4.69) is 15.5 Å². The average molecular weight is 395 g/mol. The van der Waals surface area contributed by atoms with Crippen LogP contribution < -0.4 is 5.32 Å². The molecule has 0 saturated carbocycles. The molecule has 0 aliphatic carbocycles. The van der Waals surface area contributed by atoms with Gasteiger partial charge in [0.05, 0.1) is 11.4 Å². The number of thiophene rings is 1. The van der Waals surface area contributed by atoms with Crippen molar-refractivity contribution in [2.24, 2.45) is 0 Å². The van der Waals surface area contributed by atoms with Gasteiger partial charge < -0.3 is 10.2 Å². The summed E-state index contributed by atoms with van der Waals surface area (Å²) in [6, 6.07) is 12.0. The van der Waals surface area contributed by atoms with Crippen LogP contribution in [0.5, 0.6) is 0 Å². The molecule has 2 aromatic heterocycles. The van der Waals surface area contributed by atoms with Crippen molar-refractivity contribution in [1.82, 2.24) is 20.4 Å². The smallest absolute Gasteiger partial charge is 0.272 e. The fourth-order valence-corrected chi connectivity index (χ4v) is 4.33. The van der Waals surface area contributed by atoms with Crippen molar-refractivity contribution in [2.75, 3.05) is 13.1 Å². The van der Waals surface area contributed by atoms with Gasteiger partial charge in [0.15, 0.2) is 5.69 Å². The van der Waals surface area contributed by atoms with Gasteiger partial charge in [-0.25, -0.2) is 0 Å². The van der Waals surface area contributed by atoms with Gasteiger partial charge in [-0.2, -0.15) is 5.10 Å². The molecule has 0 radical (unpaired) electrons. The standard InChI is InChI=1S/C21H22N4O2S/c1-14-9-12-28-19(14)21(27)25-11-8-17-16(13-25)18(24-23-17)20(26)22-10-7-15-5-3-2-4-6-15/h2-6,9,12H,7-8,10-11,13H2,1H3,(H,22,26)(H,23,24). The number of benzene rings is 1. The quantitative estimate of drug-likeness (QED) is 0.698. The van der Waals surface area contributed by atoms with Crippen LogP contribution in [0.4, 0.5) is 0 Å². The molecule has 28 heavy (non-hydrogen) atoms. The molecule has 0 unspecified atom stereocenters. The second kappa shape index (κ2) is 7.98. The lowest BCUT2D eigenvalue weighted by Gasteiger charge is -2.27. The predicted octanol–water partition coefficient (Wildman–Crippen LogP) is 2.95. The second-order valence-electron chi connectivity index (χ2n) is 6.93. The van der Waals surface area contributed by atoms with E-state index in [0.717, 1.165) is 28.1 Å². The summed E-state index contributed by atoms with van der Waals surface area (Å²) in [5.41, 5.74) is 4.33. The lowest BCUT2D eigenvalue weighted by molar-refractivity contribution is 0.0735. The van der Waals surface area contributed by atoms with Crippen LogP contribution in [0.2, 0.25) is 0 Å². The first-order valence-electron chi connectivity index (χ1n) is 9.35. The summed E-state index contributed by atoms with van der Waals surface area (Å²) in [5.74, 6) is -0.176. The third kappa shape index (κ3) is 3.71. The maximum Gasteiger partial charge on any atom is 0.272 e. The van der Waals surface area contributed by atoms with Gasteiger partial charge in [-0.05, 0) is 35.9 Å². The molecule has 144 valence electrons. The van der Waals surface area contributed by atoms with E-state index in [9.17, 15) is 9.59 Å². The Labute approximate surface area is 167 Å². The minimum atomic E-state index is -0.199. The van der Waals surface area contributed by atoms with Crippen molar-refractivity contribution >= 4 is 23.2 Å². The Bertz CT molecular complexity index is 993. The number of nitrogens with zero attached hydrogens (tertiary/aromatic N) is 2. The number of rotatable bonds is 5. The molecule has 1 aromatic carbocycles. The number of aromatic nitrogens is 2. The number of fused-ring (bicyclic) bond motifs is 1. The molecule has 7 heteroatoms. The van der Waals surface area contributed by atoms with Crippen molar-refractivity contribution in [2.45, 2.75) is 26.3 Å². The van der Waals surface area contributed by atoms with Crippen molar-refractivity contribution in [3.8, 4) is 0 Å². The fraction of sp³-hybridized carbons (Fsp3) is 0.286. The van der Waals surface area contributed by atoms with Crippen molar-refractivity contribution in [1.29, 1.82) is 0 Å². The number of aryl methyl sites for hydroxylation is 1. The summed E-state index contributed by atoms with van der Waals surface area (Å²) in [6.07, 6.45) is 1.44. The van der Waals surface area contributed by atoms with Gasteiger partial charge in [-0.15, -0.1) is 11.3 Å². The molecule has 6 nitrogen and oxygen atoms in total. The number of hydrogen-bond donors (Lipinski definition) is 2. The molecular formula is C21H22N4O2S. The van der Waals surface area contributed by atoms with Gasteiger partial charge in [-0.3, -0.25) is 14.7 Å². The van der Waals surface area contributed by atoms with E-state index in [4.69, 9.17) is 0 Å². The minimum Gasteiger partial charge on any atom is -0.350 e. The van der Waals surface area contributed by atoms with Crippen LogP contribution in [-0.2, 0) is 19.4 Å². The van der Waals surface area contributed by atoms with E-state index in [0.29, 0.717) is 31.7 Å². The molecule has 2 N–H and O–H groups in total. The summed E-state index contributed by atoms with van der Waals surface area (Å²) in [7, 11) is 0. The van der Waals surface area contributed by atoms with E-state index in [1.54, 1.807) is 4.90 Å². The number of hydrogen-bond acceptors (Lipinski definition) is 4. The SMILES string of the molecule is Cc1ccsc1C(=O)N1CCc2[nH]nc(C(=O)NCCc3ccccc3)c2C1. The first kappa shape index (κ1) is 18.4.